The molecule has 0 radical (unpaired) electrons. The smallest absolute Gasteiger partial charge is 0.383 e. The van der Waals surface area contributed by atoms with Gasteiger partial charge in [-0.05, 0) is 12.1 Å². The Balaban J connectivity index is 1.55. The van der Waals surface area contributed by atoms with E-state index in [0.29, 0.717) is 30.5 Å². The summed E-state index contributed by atoms with van der Waals surface area (Å²) in [6.45, 7) is 1.73. The minimum absolute atomic E-state index is 0.00826. The van der Waals surface area contributed by atoms with Crippen LogP contribution in [0.3, 0.4) is 0 Å². The summed E-state index contributed by atoms with van der Waals surface area (Å²) in [5.41, 5.74) is 5.84. The van der Waals surface area contributed by atoms with E-state index in [-0.39, 0.29) is 23.4 Å². The average Bonchev–Trinajstić information content (AvgIpc) is 3.25. The van der Waals surface area contributed by atoms with Crippen molar-refractivity contribution in [2.45, 2.75) is 12.3 Å². The summed E-state index contributed by atoms with van der Waals surface area (Å²) >= 11 is 0. The highest BCUT2D eigenvalue weighted by atomic mass is 19.4. The highest BCUT2D eigenvalue weighted by molar-refractivity contribution is 5.98. The van der Waals surface area contributed by atoms with Crippen molar-refractivity contribution in [1.82, 2.24) is 25.1 Å². The number of halogens is 4. The van der Waals surface area contributed by atoms with Gasteiger partial charge < -0.3 is 15.8 Å². The normalized spacial score (nSPS) is 17.7. The number of nitrogens with two attached hydrogens (primary N) is 1. The summed E-state index contributed by atoms with van der Waals surface area (Å²) < 4.78 is 59.6. The maximum Gasteiger partial charge on any atom is 0.434 e. The Hall–Kier alpha value is -3.38. The number of amidine groups is 1. The number of hydrogen-bond acceptors (Lipinski definition) is 6. The molecule has 0 amide bonds. The lowest BCUT2D eigenvalue weighted by Gasteiger charge is -2.24. The van der Waals surface area contributed by atoms with Crippen molar-refractivity contribution in [3.63, 3.8) is 0 Å². The fraction of sp³-hybridized carbons (Fsp3) is 0.263. The Morgan fingerprint density at radius 2 is 2.10 bits per heavy atom. The predicted octanol–water partition coefficient (Wildman–Crippen LogP) is 2.52. The van der Waals surface area contributed by atoms with E-state index < -0.39 is 17.7 Å². The van der Waals surface area contributed by atoms with Gasteiger partial charge in [-0.1, -0.05) is 6.07 Å². The molecule has 12 heteroatoms. The van der Waals surface area contributed by atoms with Crippen LogP contribution in [-0.4, -0.2) is 45.3 Å². The van der Waals surface area contributed by atoms with Gasteiger partial charge in [0.1, 0.15) is 11.7 Å². The van der Waals surface area contributed by atoms with Gasteiger partial charge in [0.05, 0.1) is 42.6 Å². The summed E-state index contributed by atoms with van der Waals surface area (Å²) in [5.74, 6) is -0.600. The second kappa shape index (κ2) is 8.40. The van der Waals surface area contributed by atoms with Crippen LogP contribution in [0.1, 0.15) is 22.9 Å². The van der Waals surface area contributed by atoms with Gasteiger partial charge in [-0.25, -0.2) is 19.0 Å². The van der Waals surface area contributed by atoms with E-state index in [0.717, 1.165) is 17.4 Å². The van der Waals surface area contributed by atoms with Crippen LogP contribution >= 0.6 is 0 Å². The minimum Gasteiger partial charge on any atom is -0.383 e. The third-order valence-corrected chi connectivity index (χ3v) is 4.53. The van der Waals surface area contributed by atoms with Crippen LogP contribution < -0.4 is 11.1 Å². The van der Waals surface area contributed by atoms with E-state index in [1.807, 2.05) is 0 Å². The molecule has 3 heterocycles. The fourth-order valence-corrected chi connectivity index (χ4v) is 3.00. The number of alkyl halides is 3. The van der Waals surface area contributed by atoms with Crippen molar-refractivity contribution in [2.24, 2.45) is 10.7 Å². The number of aliphatic imine (C=N–C) groups is 1. The second-order valence-corrected chi connectivity index (χ2v) is 6.70. The maximum atomic E-state index is 14.5. The van der Waals surface area contributed by atoms with Gasteiger partial charge in [-0.3, -0.25) is 4.98 Å². The zero-order valence-electron chi connectivity index (χ0n) is 16.0. The van der Waals surface area contributed by atoms with Gasteiger partial charge >= 0.3 is 6.18 Å². The number of morpholine rings is 1. The van der Waals surface area contributed by atoms with E-state index in [4.69, 9.17) is 10.5 Å². The van der Waals surface area contributed by atoms with Gasteiger partial charge in [-0.2, -0.15) is 18.3 Å². The summed E-state index contributed by atoms with van der Waals surface area (Å²) in [4.78, 5) is 11.2. The Morgan fingerprint density at radius 3 is 2.81 bits per heavy atom. The summed E-state index contributed by atoms with van der Waals surface area (Å²) in [6.07, 6.45) is -0.584. The molecule has 0 aliphatic carbocycles. The third kappa shape index (κ3) is 4.70. The first-order chi connectivity index (χ1) is 14.8. The molecule has 1 fully saturated rings. The maximum absolute atomic E-state index is 14.5. The van der Waals surface area contributed by atoms with E-state index >= 15 is 0 Å². The van der Waals surface area contributed by atoms with Gasteiger partial charge in [0, 0.05) is 24.8 Å². The van der Waals surface area contributed by atoms with Crippen LogP contribution in [0.25, 0.3) is 5.82 Å². The van der Waals surface area contributed by atoms with Crippen molar-refractivity contribution >= 4 is 11.5 Å². The topological polar surface area (TPSA) is 103 Å². The van der Waals surface area contributed by atoms with Crippen molar-refractivity contribution in [3.05, 3.63) is 65.6 Å². The number of rotatable bonds is 4. The van der Waals surface area contributed by atoms with E-state index in [1.165, 1.54) is 18.5 Å². The van der Waals surface area contributed by atoms with Crippen LogP contribution in [0, 0.1) is 5.82 Å². The first kappa shape index (κ1) is 20.9. The molecule has 0 saturated carbocycles. The lowest BCUT2D eigenvalue weighted by Crippen LogP contribution is -2.33. The Kier molecular flexibility index (Phi) is 5.65. The Bertz CT molecular complexity index is 1110. The molecule has 4 rings (SSSR count). The van der Waals surface area contributed by atoms with Crippen LogP contribution in [0.4, 0.5) is 23.2 Å². The largest absolute Gasteiger partial charge is 0.434 e. The third-order valence-electron chi connectivity index (χ3n) is 4.53. The zero-order chi connectivity index (χ0) is 22.0. The van der Waals surface area contributed by atoms with Crippen LogP contribution in [-0.2, 0) is 10.9 Å². The number of benzene rings is 1. The minimum atomic E-state index is -4.63. The summed E-state index contributed by atoms with van der Waals surface area (Å²) in [6, 6.07) is 4.43. The number of nitrogens with one attached hydrogen (secondary N) is 1. The first-order valence-electron chi connectivity index (χ1n) is 9.22. The molecule has 31 heavy (non-hydrogen) atoms. The summed E-state index contributed by atoms with van der Waals surface area (Å²) in [7, 11) is 0. The highest BCUT2D eigenvalue weighted by Crippen LogP contribution is 2.28. The summed E-state index contributed by atoms with van der Waals surface area (Å²) in [5, 5.41) is 7.09. The number of nitrogens with zero attached hydrogens (tertiary/aromatic N) is 5. The number of ether oxygens (including phenoxy) is 1. The van der Waals surface area contributed by atoms with Crippen LogP contribution in [0.15, 0.2) is 48.0 Å². The molecule has 1 atom stereocenters. The molecule has 1 saturated heterocycles. The molecule has 162 valence electrons. The lowest BCUT2D eigenvalue weighted by atomic mass is 10.1. The average molecular weight is 435 g/mol. The second-order valence-electron chi connectivity index (χ2n) is 6.70. The molecule has 1 aliphatic heterocycles. The fourth-order valence-electron chi connectivity index (χ4n) is 3.00. The van der Waals surface area contributed by atoms with Crippen molar-refractivity contribution in [1.29, 1.82) is 0 Å². The monoisotopic (exact) mass is 435 g/mol. The highest BCUT2D eigenvalue weighted by Gasteiger charge is 2.33. The molecule has 1 aromatic carbocycles. The molecule has 3 N–H and O–H groups in total. The molecular weight excluding hydrogens is 418 g/mol. The first-order valence-corrected chi connectivity index (χ1v) is 9.22. The molecule has 0 spiro atoms. The zero-order valence-corrected chi connectivity index (χ0v) is 16.0. The SMILES string of the molecule is NC(=Nc1ccc([C@H]2CNCCO2)c(F)c1)c1cnn(-c2cncc(C(F)(F)F)n2)c1. The molecule has 2 aromatic heterocycles. The molecule has 0 bridgehead atoms. The molecule has 1 aliphatic rings. The van der Waals surface area contributed by atoms with Gasteiger partial charge in [0.25, 0.3) is 0 Å². The predicted molar refractivity (Wildman–Crippen MR) is 103 cm³/mol. The lowest BCUT2D eigenvalue weighted by molar-refractivity contribution is -0.141. The molecule has 0 unspecified atom stereocenters. The molecule has 8 nitrogen and oxygen atoms in total. The van der Waals surface area contributed by atoms with Gasteiger partial charge in [-0.15, -0.1) is 0 Å². The Labute approximate surface area is 173 Å². The van der Waals surface area contributed by atoms with Crippen molar-refractivity contribution < 1.29 is 22.3 Å². The van der Waals surface area contributed by atoms with E-state index in [9.17, 15) is 17.6 Å². The number of aromatic nitrogens is 4. The molecular formula is C19H17F4N7O. The van der Waals surface area contributed by atoms with Crippen LogP contribution in [0.5, 0.6) is 0 Å². The van der Waals surface area contributed by atoms with Crippen molar-refractivity contribution in [2.75, 3.05) is 19.7 Å². The quantitative estimate of drug-likeness (QED) is 0.371. The van der Waals surface area contributed by atoms with Crippen molar-refractivity contribution in [3.8, 4) is 5.82 Å². The Morgan fingerprint density at radius 1 is 1.26 bits per heavy atom. The van der Waals surface area contributed by atoms with E-state index in [1.54, 1.807) is 12.1 Å². The van der Waals surface area contributed by atoms with Gasteiger partial charge in [0.15, 0.2) is 11.5 Å². The van der Waals surface area contributed by atoms with Gasteiger partial charge in [0.2, 0.25) is 0 Å². The number of hydrogen-bond donors (Lipinski definition) is 2. The van der Waals surface area contributed by atoms with Crippen LogP contribution in [0.2, 0.25) is 0 Å². The molecule has 3 aromatic rings. The standard InChI is InChI=1S/C19H17F4N7O/c20-14-5-12(1-2-13(14)15-7-25-3-4-31-15)28-18(24)11-6-27-30(10-11)17-9-26-8-16(29-17)19(21,22)23/h1-2,5-6,8-10,15,25H,3-4,7H2,(H2,24,28)/t15-/m1/s1. The van der Waals surface area contributed by atoms with E-state index in [2.05, 4.69) is 25.4 Å².